The molecule has 0 aliphatic carbocycles. The third-order valence-electron chi connectivity index (χ3n) is 3.41. The second kappa shape index (κ2) is 7.32. The number of primary sulfonamides is 1. The van der Waals surface area contributed by atoms with Gasteiger partial charge in [0.2, 0.25) is 10.0 Å². The molecule has 0 fully saturated rings. The van der Waals surface area contributed by atoms with Crippen molar-refractivity contribution in [2.45, 2.75) is 24.7 Å². The highest BCUT2D eigenvalue weighted by atomic mass is 32.2. The number of hydrogen-bond donors (Lipinski definition) is 1. The summed E-state index contributed by atoms with van der Waals surface area (Å²) in [5, 5.41) is 5.13. The number of ether oxygens (including phenoxy) is 1. The van der Waals surface area contributed by atoms with Gasteiger partial charge >= 0.3 is 0 Å². The number of hydrogen-bond acceptors (Lipinski definition) is 3. The molecule has 0 aliphatic heterocycles. The molecule has 2 aromatic carbocycles. The zero-order chi connectivity index (χ0) is 16.9. The quantitative estimate of drug-likeness (QED) is 0.828. The maximum atomic E-state index is 11.3. The molecule has 0 unspecified atom stereocenters. The van der Waals surface area contributed by atoms with Gasteiger partial charge in [0.15, 0.2) is 0 Å². The second-order valence-electron chi connectivity index (χ2n) is 5.13. The lowest BCUT2D eigenvalue weighted by atomic mass is 9.96. The fourth-order valence-electron chi connectivity index (χ4n) is 2.37. The summed E-state index contributed by atoms with van der Waals surface area (Å²) in [6, 6.07) is 12.4. The van der Waals surface area contributed by atoms with E-state index in [1.54, 1.807) is 12.1 Å². The first kappa shape index (κ1) is 17.1. The number of benzene rings is 2. The van der Waals surface area contributed by atoms with E-state index in [0.29, 0.717) is 0 Å². The molecule has 0 spiro atoms. The van der Waals surface area contributed by atoms with Gasteiger partial charge in [-0.05, 0) is 47.4 Å². The number of nitrogens with two attached hydrogens (primary N) is 1. The summed E-state index contributed by atoms with van der Waals surface area (Å²) in [5.41, 5.74) is 3.11. The number of aryl methyl sites for hydroxylation is 1. The SMILES string of the molecule is C#CCOc1ccc(-c2ccc(S(N)(=O)=O)cc2)c(CCC)c1. The van der Waals surface area contributed by atoms with E-state index in [-0.39, 0.29) is 11.5 Å². The predicted molar refractivity (Wildman–Crippen MR) is 91.6 cm³/mol. The number of sulfonamides is 1. The molecule has 0 radical (unpaired) electrons. The lowest BCUT2D eigenvalue weighted by Crippen LogP contribution is -2.11. The van der Waals surface area contributed by atoms with Crippen molar-refractivity contribution in [1.82, 2.24) is 0 Å². The molecule has 23 heavy (non-hydrogen) atoms. The van der Waals surface area contributed by atoms with E-state index in [2.05, 4.69) is 12.8 Å². The van der Waals surface area contributed by atoms with Gasteiger partial charge in [0.05, 0.1) is 4.90 Å². The molecule has 0 saturated heterocycles. The Bertz CT molecular complexity index is 818. The fourth-order valence-corrected chi connectivity index (χ4v) is 2.88. The van der Waals surface area contributed by atoms with Crippen molar-refractivity contribution in [2.24, 2.45) is 5.14 Å². The molecule has 2 aromatic rings. The van der Waals surface area contributed by atoms with Crippen molar-refractivity contribution in [3.63, 3.8) is 0 Å². The largest absolute Gasteiger partial charge is 0.481 e. The van der Waals surface area contributed by atoms with E-state index in [4.69, 9.17) is 16.3 Å². The van der Waals surface area contributed by atoms with Crippen LogP contribution < -0.4 is 9.88 Å². The molecule has 0 heterocycles. The van der Waals surface area contributed by atoms with Gasteiger partial charge in [-0.25, -0.2) is 13.6 Å². The van der Waals surface area contributed by atoms with Gasteiger partial charge in [-0.2, -0.15) is 0 Å². The van der Waals surface area contributed by atoms with Crippen molar-refractivity contribution in [1.29, 1.82) is 0 Å². The van der Waals surface area contributed by atoms with Crippen LogP contribution in [0.1, 0.15) is 18.9 Å². The molecule has 2 rings (SSSR count). The zero-order valence-electron chi connectivity index (χ0n) is 13.0. The third-order valence-corrected chi connectivity index (χ3v) is 4.34. The van der Waals surface area contributed by atoms with Crippen LogP contribution in [0.15, 0.2) is 47.4 Å². The second-order valence-corrected chi connectivity index (χ2v) is 6.69. The summed E-state index contributed by atoms with van der Waals surface area (Å²) < 4.78 is 28.1. The fraction of sp³-hybridized carbons (Fsp3) is 0.222. The van der Waals surface area contributed by atoms with Crippen LogP contribution in [-0.4, -0.2) is 15.0 Å². The highest BCUT2D eigenvalue weighted by Gasteiger charge is 2.10. The van der Waals surface area contributed by atoms with Crippen LogP contribution in [-0.2, 0) is 16.4 Å². The van der Waals surface area contributed by atoms with Crippen LogP contribution in [0.2, 0.25) is 0 Å². The van der Waals surface area contributed by atoms with E-state index >= 15 is 0 Å². The topological polar surface area (TPSA) is 69.4 Å². The normalized spacial score (nSPS) is 11.0. The number of rotatable bonds is 6. The number of terminal acetylenes is 1. The van der Waals surface area contributed by atoms with Gasteiger partial charge < -0.3 is 4.74 Å². The predicted octanol–water partition coefficient (Wildman–Crippen LogP) is 2.97. The van der Waals surface area contributed by atoms with Crippen LogP contribution in [0.25, 0.3) is 11.1 Å². The lowest BCUT2D eigenvalue weighted by Gasteiger charge is -2.12. The van der Waals surface area contributed by atoms with Crippen LogP contribution in [0.3, 0.4) is 0 Å². The van der Waals surface area contributed by atoms with Gasteiger partial charge in [-0.15, -0.1) is 6.42 Å². The Morgan fingerprint density at radius 1 is 1.17 bits per heavy atom. The maximum absolute atomic E-state index is 11.3. The molecule has 0 aliphatic rings. The van der Waals surface area contributed by atoms with Crippen molar-refractivity contribution < 1.29 is 13.2 Å². The van der Waals surface area contributed by atoms with E-state index in [1.165, 1.54) is 12.1 Å². The molecule has 0 saturated carbocycles. The molecule has 4 nitrogen and oxygen atoms in total. The summed E-state index contributed by atoms with van der Waals surface area (Å²) in [7, 11) is -3.68. The van der Waals surface area contributed by atoms with E-state index in [1.807, 2.05) is 18.2 Å². The summed E-state index contributed by atoms with van der Waals surface area (Å²) >= 11 is 0. The van der Waals surface area contributed by atoms with Crippen molar-refractivity contribution in [3.8, 4) is 29.2 Å². The molecule has 5 heteroatoms. The first-order valence-electron chi connectivity index (χ1n) is 7.28. The minimum atomic E-state index is -3.68. The first-order chi connectivity index (χ1) is 11.0. The third kappa shape index (κ3) is 4.35. The van der Waals surface area contributed by atoms with Gasteiger partial charge in [0.25, 0.3) is 0 Å². The van der Waals surface area contributed by atoms with E-state index in [9.17, 15) is 8.42 Å². The molecule has 0 atom stereocenters. The summed E-state index contributed by atoms with van der Waals surface area (Å²) in [5.74, 6) is 3.18. The van der Waals surface area contributed by atoms with Gasteiger partial charge in [-0.3, -0.25) is 0 Å². The standard InChI is InChI=1S/C18H19NO3S/c1-3-5-15-13-16(22-12-4-2)8-11-18(15)14-6-9-17(10-7-14)23(19,20)21/h2,6-11,13H,3,5,12H2,1H3,(H2,19,20,21). The Labute approximate surface area is 137 Å². The van der Waals surface area contributed by atoms with Crippen LogP contribution in [0.4, 0.5) is 0 Å². The van der Waals surface area contributed by atoms with Gasteiger partial charge in [0, 0.05) is 0 Å². The maximum Gasteiger partial charge on any atom is 0.238 e. The molecule has 0 bridgehead atoms. The Morgan fingerprint density at radius 2 is 1.87 bits per heavy atom. The highest BCUT2D eigenvalue weighted by molar-refractivity contribution is 7.89. The van der Waals surface area contributed by atoms with E-state index < -0.39 is 10.0 Å². The van der Waals surface area contributed by atoms with Crippen LogP contribution in [0.5, 0.6) is 5.75 Å². The highest BCUT2D eigenvalue weighted by Crippen LogP contribution is 2.29. The minimum Gasteiger partial charge on any atom is -0.481 e. The zero-order valence-corrected chi connectivity index (χ0v) is 13.8. The lowest BCUT2D eigenvalue weighted by molar-refractivity contribution is 0.370. The van der Waals surface area contributed by atoms with E-state index in [0.717, 1.165) is 35.3 Å². The molecule has 0 amide bonds. The molecular weight excluding hydrogens is 310 g/mol. The van der Waals surface area contributed by atoms with Gasteiger partial charge in [0.1, 0.15) is 12.4 Å². The van der Waals surface area contributed by atoms with Crippen molar-refractivity contribution in [2.75, 3.05) is 6.61 Å². The average molecular weight is 329 g/mol. The van der Waals surface area contributed by atoms with Crippen molar-refractivity contribution in [3.05, 3.63) is 48.0 Å². The van der Waals surface area contributed by atoms with Gasteiger partial charge in [-0.1, -0.05) is 37.5 Å². The molecular formula is C18H19NO3S. The smallest absolute Gasteiger partial charge is 0.238 e. The van der Waals surface area contributed by atoms with Crippen LogP contribution >= 0.6 is 0 Å². The first-order valence-corrected chi connectivity index (χ1v) is 8.82. The molecule has 0 aromatic heterocycles. The van der Waals surface area contributed by atoms with Crippen molar-refractivity contribution >= 4 is 10.0 Å². The Hall–Kier alpha value is -2.29. The summed E-state index contributed by atoms with van der Waals surface area (Å²) in [6.45, 7) is 2.33. The summed E-state index contributed by atoms with van der Waals surface area (Å²) in [6.07, 6.45) is 7.08. The summed E-state index contributed by atoms with van der Waals surface area (Å²) in [4.78, 5) is 0.104. The Kier molecular flexibility index (Phi) is 5.43. The van der Waals surface area contributed by atoms with Crippen LogP contribution in [0, 0.1) is 12.3 Å². The Balaban J connectivity index is 2.39. The monoisotopic (exact) mass is 329 g/mol. The average Bonchev–Trinajstić information content (AvgIpc) is 2.53. The molecule has 120 valence electrons. The molecule has 2 N–H and O–H groups in total. The minimum absolute atomic E-state index is 0.104. The Morgan fingerprint density at radius 3 is 2.43 bits per heavy atom.